The monoisotopic (exact) mass is 250 g/mol. The van der Waals surface area contributed by atoms with Gasteiger partial charge in [0.05, 0.1) is 12.2 Å². The van der Waals surface area contributed by atoms with E-state index in [-0.39, 0.29) is 11.9 Å². The van der Waals surface area contributed by atoms with Gasteiger partial charge < -0.3 is 10.0 Å². The van der Waals surface area contributed by atoms with Crippen molar-refractivity contribution in [1.29, 1.82) is 0 Å². The summed E-state index contributed by atoms with van der Waals surface area (Å²) in [7, 11) is 0. The third-order valence-corrected chi connectivity index (χ3v) is 2.71. The summed E-state index contributed by atoms with van der Waals surface area (Å²) in [5, 5.41) is 8.89. The third-order valence-electron chi connectivity index (χ3n) is 2.71. The molecule has 18 heavy (non-hydrogen) atoms. The van der Waals surface area contributed by atoms with Crippen molar-refractivity contribution in [3.8, 4) is 0 Å². The number of carbonyl (C=O) groups is 2. The van der Waals surface area contributed by atoms with Crippen LogP contribution in [0.3, 0.4) is 0 Å². The van der Waals surface area contributed by atoms with Crippen molar-refractivity contribution in [2.24, 2.45) is 5.92 Å². The summed E-state index contributed by atoms with van der Waals surface area (Å²) in [4.78, 5) is 28.6. The second-order valence-electron chi connectivity index (χ2n) is 4.44. The van der Waals surface area contributed by atoms with Crippen LogP contribution in [0.25, 0.3) is 0 Å². The van der Waals surface area contributed by atoms with E-state index < -0.39 is 11.9 Å². The fraction of sp³-hybridized carbons (Fsp3) is 0.462. The summed E-state index contributed by atoms with van der Waals surface area (Å²) in [6.45, 7) is 5.44. The van der Waals surface area contributed by atoms with Crippen molar-refractivity contribution in [3.05, 3.63) is 30.1 Å². The van der Waals surface area contributed by atoms with Crippen LogP contribution in [-0.4, -0.2) is 32.9 Å². The molecule has 98 valence electrons. The second-order valence-corrected chi connectivity index (χ2v) is 4.44. The molecule has 0 aromatic carbocycles. The van der Waals surface area contributed by atoms with Crippen molar-refractivity contribution in [3.63, 3.8) is 0 Å². The minimum Gasteiger partial charge on any atom is -0.481 e. The molecule has 0 aliphatic heterocycles. The van der Waals surface area contributed by atoms with Crippen molar-refractivity contribution < 1.29 is 14.7 Å². The van der Waals surface area contributed by atoms with Gasteiger partial charge in [0.25, 0.3) is 0 Å². The summed E-state index contributed by atoms with van der Waals surface area (Å²) in [6, 6.07) is 5.38. The molecular formula is C13H18N2O3. The smallest absolute Gasteiger partial charge is 0.315 e. The van der Waals surface area contributed by atoms with Crippen molar-refractivity contribution in [1.82, 2.24) is 9.88 Å². The zero-order valence-electron chi connectivity index (χ0n) is 10.8. The average molecular weight is 250 g/mol. The minimum absolute atomic E-state index is 0.0682. The first-order chi connectivity index (χ1) is 8.43. The summed E-state index contributed by atoms with van der Waals surface area (Å²) in [5.74, 6) is -2.52. The highest BCUT2D eigenvalue weighted by molar-refractivity contribution is 5.96. The van der Waals surface area contributed by atoms with Gasteiger partial charge >= 0.3 is 5.97 Å². The quantitative estimate of drug-likeness (QED) is 0.805. The van der Waals surface area contributed by atoms with Crippen LogP contribution in [-0.2, 0) is 16.1 Å². The minimum atomic E-state index is -1.10. The molecule has 1 atom stereocenters. The van der Waals surface area contributed by atoms with Gasteiger partial charge in [-0.25, -0.2) is 0 Å². The third kappa shape index (κ3) is 3.55. The average Bonchev–Trinajstić information content (AvgIpc) is 2.35. The molecule has 0 spiro atoms. The number of carboxylic acids is 1. The molecule has 0 saturated carbocycles. The molecule has 0 radical (unpaired) electrons. The van der Waals surface area contributed by atoms with E-state index in [0.717, 1.165) is 5.69 Å². The van der Waals surface area contributed by atoms with Crippen LogP contribution in [0.1, 0.15) is 26.5 Å². The molecule has 0 fully saturated rings. The molecular weight excluding hydrogens is 232 g/mol. The largest absolute Gasteiger partial charge is 0.481 e. The molecule has 0 saturated heterocycles. The van der Waals surface area contributed by atoms with Gasteiger partial charge in [-0.1, -0.05) is 6.07 Å². The zero-order valence-corrected chi connectivity index (χ0v) is 10.8. The Morgan fingerprint density at radius 1 is 1.33 bits per heavy atom. The molecule has 1 rings (SSSR count). The van der Waals surface area contributed by atoms with Crippen LogP contribution in [0.5, 0.6) is 0 Å². The number of nitrogens with zero attached hydrogens (tertiary/aromatic N) is 2. The fourth-order valence-corrected chi connectivity index (χ4v) is 1.54. The van der Waals surface area contributed by atoms with Crippen LogP contribution in [0.15, 0.2) is 24.4 Å². The topological polar surface area (TPSA) is 70.5 Å². The predicted octanol–water partition coefficient (Wildman–Crippen LogP) is 1.54. The molecule has 1 amide bonds. The summed E-state index contributed by atoms with van der Waals surface area (Å²) < 4.78 is 0. The Labute approximate surface area is 106 Å². The number of amides is 1. The van der Waals surface area contributed by atoms with Crippen LogP contribution in [0.2, 0.25) is 0 Å². The second kappa shape index (κ2) is 6.14. The van der Waals surface area contributed by atoms with Crippen LogP contribution >= 0.6 is 0 Å². The lowest BCUT2D eigenvalue weighted by molar-refractivity contribution is -0.151. The standard InChI is InChI=1S/C13H18N2O3/c1-9(2)15(12(16)10(3)13(17)18)8-11-6-4-5-7-14-11/h4-7,9-10H,8H2,1-3H3,(H,17,18). The van der Waals surface area contributed by atoms with Crippen molar-refractivity contribution in [2.75, 3.05) is 0 Å². The van der Waals surface area contributed by atoms with E-state index in [1.807, 2.05) is 26.0 Å². The first-order valence-corrected chi connectivity index (χ1v) is 5.86. The lowest BCUT2D eigenvalue weighted by atomic mass is 10.1. The number of aromatic nitrogens is 1. The summed E-state index contributed by atoms with van der Waals surface area (Å²) >= 11 is 0. The number of rotatable bonds is 5. The highest BCUT2D eigenvalue weighted by atomic mass is 16.4. The first-order valence-electron chi connectivity index (χ1n) is 5.86. The first kappa shape index (κ1) is 14.2. The maximum Gasteiger partial charge on any atom is 0.315 e. The molecule has 0 aliphatic carbocycles. The Morgan fingerprint density at radius 2 is 2.00 bits per heavy atom. The maximum atomic E-state index is 12.0. The highest BCUT2D eigenvalue weighted by Crippen LogP contribution is 2.11. The lowest BCUT2D eigenvalue weighted by Crippen LogP contribution is -2.42. The predicted molar refractivity (Wildman–Crippen MR) is 66.7 cm³/mol. The Kier molecular flexibility index (Phi) is 4.83. The van der Waals surface area contributed by atoms with Gasteiger partial charge in [-0.3, -0.25) is 14.6 Å². The Bertz CT molecular complexity index is 418. The van der Waals surface area contributed by atoms with E-state index in [0.29, 0.717) is 6.54 Å². The number of pyridine rings is 1. The van der Waals surface area contributed by atoms with Gasteiger partial charge in [0.15, 0.2) is 0 Å². The van der Waals surface area contributed by atoms with E-state index in [4.69, 9.17) is 5.11 Å². The lowest BCUT2D eigenvalue weighted by Gasteiger charge is -2.28. The molecule has 1 aromatic rings. The number of hydrogen-bond donors (Lipinski definition) is 1. The number of carbonyl (C=O) groups excluding carboxylic acids is 1. The van der Waals surface area contributed by atoms with Crippen molar-refractivity contribution in [2.45, 2.75) is 33.4 Å². The number of aliphatic carboxylic acids is 1. The van der Waals surface area contributed by atoms with E-state index in [9.17, 15) is 9.59 Å². The maximum absolute atomic E-state index is 12.0. The summed E-state index contributed by atoms with van der Waals surface area (Å²) in [5.41, 5.74) is 0.747. The molecule has 1 aromatic heterocycles. The van der Waals surface area contributed by atoms with Crippen LogP contribution < -0.4 is 0 Å². The van der Waals surface area contributed by atoms with Crippen molar-refractivity contribution >= 4 is 11.9 Å². The Hall–Kier alpha value is -1.91. The summed E-state index contributed by atoms with van der Waals surface area (Å²) in [6.07, 6.45) is 1.65. The molecule has 0 bridgehead atoms. The van der Waals surface area contributed by atoms with Gasteiger partial charge in [-0.05, 0) is 32.9 Å². The fourth-order valence-electron chi connectivity index (χ4n) is 1.54. The molecule has 5 nitrogen and oxygen atoms in total. The molecule has 5 heteroatoms. The Morgan fingerprint density at radius 3 is 2.44 bits per heavy atom. The SMILES string of the molecule is CC(C(=O)O)C(=O)N(Cc1ccccn1)C(C)C. The molecule has 0 aliphatic rings. The van der Waals surface area contributed by atoms with E-state index in [1.54, 1.807) is 12.3 Å². The van der Waals surface area contributed by atoms with Gasteiger partial charge in [0.1, 0.15) is 5.92 Å². The zero-order chi connectivity index (χ0) is 13.7. The van der Waals surface area contributed by atoms with Crippen LogP contribution in [0, 0.1) is 5.92 Å². The van der Waals surface area contributed by atoms with Gasteiger partial charge in [-0.2, -0.15) is 0 Å². The molecule has 1 heterocycles. The van der Waals surface area contributed by atoms with Gasteiger partial charge in [0, 0.05) is 12.2 Å². The Balaban J connectivity index is 2.84. The van der Waals surface area contributed by atoms with Crippen LogP contribution in [0.4, 0.5) is 0 Å². The molecule has 1 N–H and O–H groups in total. The van der Waals surface area contributed by atoms with Gasteiger partial charge in [0.2, 0.25) is 5.91 Å². The van der Waals surface area contributed by atoms with E-state index in [1.165, 1.54) is 11.8 Å². The highest BCUT2D eigenvalue weighted by Gasteiger charge is 2.27. The normalized spacial score (nSPS) is 12.2. The van der Waals surface area contributed by atoms with E-state index in [2.05, 4.69) is 4.98 Å². The molecule has 1 unspecified atom stereocenters. The number of hydrogen-bond acceptors (Lipinski definition) is 3. The van der Waals surface area contributed by atoms with E-state index >= 15 is 0 Å². The van der Waals surface area contributed by atoms with Gasteiger partial charge in [-0.15, -0.1) is 0 Å². The number of carboxylic acid groups (broad SMARTS) is 1.